The molecular formula is C16H21N3O2. The zero-order valence-electron chi connectivity index (χ0n) is 12.2. The van der Waals surface area contributed by atoms with E-state index < -0.39 is 0 Å². The summed E-state index contributed by atoms with van der Waals surface area (Å²) in [5, 5.41) is 24.1. The summed E-state index contributed by atoms with van der Waals surface area (Å²) < 4.78 is 0. The lowest BCUT2D eigenvalue weighted by Crippen LogP contribution is -2.44. The summed E-state index contributed by atoms with van der Waals surface area (Å²) in [6.07, 6.45) is 2.91. The van der Waals surface area contributed by atoms with Crippen molar-refractivity contribution in [2.75, 3.05) is 0 Å². The van der Waals surface area contributed by atoms with E-state index in [1.54, 1.807) is 12.1 Å². The number of carbonyl (C=O) groups is 1. The zero-order chi connectivity index (χ0) is 15.2. The van der Waals surface area contributed by atoms with E-state index in [1.807, 2.05) is 19.1 Å². The molecule has 0 bridgehead atoms. The Labute approximate surface area is 125 Å². The number of benzene rings is 1. The number of carbonyl (C=O) groups excluding carboxylic acids is 1. The smallest absolute Gasteiger partial charge is 0.315 e. The van der Waals surface area contributed by atoms with Crippen molar-refractivity contribution in [2.45, 2.75) is 50.8 Å². The molecule has 5 nitrogen and oxygen atoms in total. The Kier molecular flexibility index (Phi) is 5.18. The third-order valence-electron chi connectivity index (χ3n) is 3.92. The van der Waals surface area contributed by atoms with Crippen LogP contribution < -0.4 is 10.6 Å². The zero-order valence-corrected chi connectivity index (χ0v) is 12.2. The average molecular weight is 287 g/mol. The van der Waals surface area contributed by atoms with Gasteiger partial charge in [-0.3, -0.25) is 0 Å². The van der Waals surface area contributed by atoms with Gasteiger partial charge in [-0.25, -0.2) is 4.79 Å². The Balaban J connectivity index is 1.82. The van der Waals surface area contributed by atoms with Gasteiger partial charge in [0.1, 0.15) is 0 Å². The van der Waals surface area contributed by atoms with Crippen molar-refractivity contribution < 1.29 is 9.90 Å². The number of aliphatic hydroxyl groups excluding tert-OH is 1. The largest absolute Gasteiger partial charge is 0.393 e. The van der Waals surface area contributed by atoms with Crippen LogP contribution in [0.15, 0.2) is 24.3 Å². The maximum Gasteiger partial charge on any atom is 0.315 e. The lowest BCUT2D eigenvalue weighted by molar-refractivity contribution is 0.117. The molecule has 0 heterocycles. The molecule has 2 amide bonds. The standard InChI is InChI=1S/C16H21N3O2/c1-11(13-4-2-12(10-17)3-5-13)18-16(21)19-14-6-8-15(20)9-7-14/h2-5,11,14-15,20H,6-9H2,1H3,(H2,18,19,21). The van der Waals surface area contributed by atoms with Gasteiger partial charge in [-0.15, -0.1) is 0 Å². The van der Waals surface area contributed by atoms with Gasteiger partial charge in [0.2, 0.25) is 0 Å². The number of hydrogen-bond donors (Lipinski definition) is 3. The highest BCUT2D eigenvalue weighted by molar-refractivity contribution is 5.74. The molecule has 5 heteroatoms. The van der Waals surface area contributed by atoms with Crippen molar-refractivity contribution in [1.82, 2.24) is 10.6 Å². The fourth-order valence-corrected chi connectivity index (χ4v) is 2.57. The van der Waals surface area contributed by atoms with E-state index in [1.165, 1.54) is 0 Å². The van der Waals surface area contributed by atoms with Crippen molar-refractivity contribution in [2.24, 2.45) is 0 Å². The first-order valence-corrected chi connectivity index (χ1v) is 7.33. The van der Waals surface area contributed by atoms with Crippen LogP contribution in [0.4, 0.5) is 4.79 Å². The topological polar surface area (TPSA) is 85.2 Å². The lowest BCUT2D eigenvalue weighted by Gasteiger charge is -2.27. The van der Waals surface area contributed by atoms with E-state index in [9.17, 15) is 9.90 Å². The highest BCUT2D eigenvalue weighted by Crippen LogP contribution is 2.18. The van der Waals surface area contributed by atoms with E-state index in [0.717, 1.165) is 31.2 Å². The Bertz CT molecular complexity index is 513. The molecule has 3 N–H and O–H groups in total. The lowest BCUT2D eigenvalue weighted by atomic mass is 9.93. The van der Waals surface area contributed by atoms with Gasteiger partial charge in [0.15, 0.2) is 0 Å². The first kappa shape index (κ1) is 15.3. The minimum atomic E-state index is -0.219. The minimum absolute atomic E-state index is 0.119. The molecule has 0 radical (unpaired) electrons. The van der Waals surface area contributed by atoms with Crippen LogP contribution >= 0.6 is 0 Å². The van der Waals surface area contributed by atoms with Gasteiger partial charge in [0.05, 0.1) is 23.8 Å². The van der Waals surface area contributed by atoms with Crippen molar-refractivity contribution in [1.29, 1.82) is 5.26 Å². The van der Waals surface area contributed by atoms with Gasteiger partial charge in [-0.05, 0) is 50.3 Å². The van der Waals surface area contributed by atoms with Gasteiger partial charge in [-0.1, -0.05) is 12.1 Å². The monoisotopic (exact) mass is 287 g/mol. The number of nitrogens with zero attached hydrogens (tertiary/aromatic N) is 1. The van der Waals surface area contributed by atoms with Gasteiger partial charge >= 0.3 is 6.03 Å². The van der Waals surface area contributed by atoms with Crippen LogP contribution in [0.3, 0.4) is 0 Å². The molecule has 21 heavy (non-hydrogen) atoms. The number of amides is 2. The second-order valence-corrected chi connectivity index (χ2v) is 5.58. The van der Waals surface area contributed by atoms with Crippen molar-refractivity contribution in [3.63, 3.8) is 0 Å². The molecule has 1 unspecified atom stereocenters. The van der Waals surface area contributed by atoms with Crippen LogP contribution in [0.25, 0.3) is 0 Å². The Morgan fingerprint density at radius 1 is 1.29 bits per heavy atom. The second-order valence-electron chi connectivity index (χ2n) is 5.58. The first-order valence-electron chi connectivity index (χ1n) is 7.33. The van der Waals surface area contributed by atoms with Crippen molar-refractivity contribution in [3.05, 3.63) is 35.4 Å². The second kappa shape index (κ2) is 7.09. The van der Waals surface area contributed by atoms with Gasteiger partial charge in [-0.2, -0.15) is 5.26 Å². The Morgan fingerprint density at radius 2 is 1.90 bits per heavy atom. The molecule has 0 aromatic heterocycles. The van der Waals surface area contributed by atoms with Gasteiger partial charge < -0.3 is 15.7 Å². The molecule has 1 atom stereocenters. The normalized spacial score (nSPS) is 22.9. The number of nitrogens with one attached hydrogen (secondary N) is 2. The molecular weight excluding hydrogens is 266 g/mol. The predicted octanol–water partition coefficient (Wildman–Crippen LogP) is 2.22. The van der Waals surface area contributed by atoms with Crippen molar-refractivity contribution >= 4 is 6.03 Å². The number of urea groups is 1. The van der Waals surface area contributed by atoms with E-state index in [-0.39, 0.29) is 24.2 Å². The summed E-state index contributed by atoms with van der Waals surface area (Å²) in [5.74, 6) is 0. The molecule has 1 aromatic carbocycles. The number of rotatable bonds is 3. The molecule has 1 aliphatic rings. The summed E-state index contributed by atoms with van der Waals surface area (Å²) in [6, 6.07) is 9.09. The summed E-state index contributed by atoms with van der Waals surface area (Å²) in [4.78, 5) is 12.0. The van der Waals surface area contributed by atoms with Crippen molar-refractivity contribution in [3.8, 4) is 6.07 Å². The molecule has 2 rings (SSSR count). The highest BCUT2D eigenvalue weighted by Gasteiger charge is 2.21. The molecule has 1 aliphatic carbocycles. The summed E-state index contributed by atoms with van der Waals surface area (Å²) in [5.41, 5.74) is 1.57. The summed E-state index contributed by atoms with van der Waals surface area (Å²) in [7, 11) is 0. The third-order valence-corrected chi connectivity index (χ3v) is 3.92. The Morgan fingerprint density at radius 3 is 2.48 bits per heavy atom. The molecule has 1 saturated carbocycles. The van der Waals surface area contributed by atoms with E-state index in [2.05, 4.69) is 16.7 Å². The third kappa shape index (κ3) is 4.47. The van der Waals surface area contributed by atoms with Crippen LogP contribution in [0.1, 0.15) is 49.8 Å². The fourth-order valence-electron chi connectivity index (χ4n) is 2.57. The molecule has 0 saturated heterocycles. The molecule has 1 fully saturated rings. The summed E-state index contributed by atoms with van der Waals surface area (Å²) in [6.45, 7) is 1.91. The quantitative estimate of drug-likeness (QED) is 0.797. The average Bonchev–Trinajstić information content (AvgIpc) is 2.49. The number of nitriles is 1. The fraction of sp³-hybridized carbons (Fsp3) is 0.500. The van der Waals surface area contributed by atoms with Crippen LogP contribution in [0.5, 0.6) is 0 Å². The van der Waals surface area contributed by atoms with Gasteiger partial charge in [0, 0.05) is 6.04 Å². The van der Waals surface area contributed by atoms with E-state index >= 15 is 0 Å². The summed E-state index contributed by atoms with van der Waals surface area (Å²) >= 11 is 0. The molecule has 112 valence electrons. The minimum Gasteiger partial charge on any atom is -0.393 e. The number of aliphatic hydroxyl groups is 1. The maximum atomic E-state index is 12.0. The maximum absolute atomic E-state index is 12.0. The molecule has 0 aliphatic heterocycles. The van der Waals surface area contributed by atoms with E-state index in [0.29, 0.717) is 5.56 Å². The van der Waals surface area contributed by atoms with E-state index in [4.69, 9.17) is 5.26 Å². The van der Waals surface area contributed by atoms with Crippen LogP contribution in [-0.4, -0.2) is 23.3 Å². The molecule has 0 spiro atoms. The van der Waals surface area contributed by atoms with Crippen LogP contribution in [0, 0.1) is 11.3 Å². The van der Waals surface area contributed by atoms with Crippen LogP contribution in [-0.2, 0) is 0 Å². The predicted molar refractivity (Wildman–Crippen MR) is 79.5 cm³/mol. The highest BCUT2D eigenvalue weighted by atomic mass is 16.3. The number of hydrogen-bond acceptors (Lipinski definition) is 3. The molecule has 1 aromatic rings. The first-order chi connectivity index (χ1) is 10.1. The Hall–Kier alpha value is -2.06. The van der Waals surface area contributed by atoms with Crippen LogP contribution in [0.2, 0.25) is 0 Å². The van der Waals surface area contributed by atoms with Gasteiger partial charge in [0.25, 0.3) is 0 Å². The SMILES string of the molecule is CC(NC(=O)NC1CCC(O)CC1)c1ccc(C#N)cc1.